The Hall–Kier alpha value is -5.49. The Labute approximate surface area is 300 Å². The Kier molecular flexibility index (Phi) is 10.4. The fourth-order valence-corrected chi connectivity index (χ4v) is 6.89. The van der Waals surface area contributed by atoms with Crippen molar-refractivity contribution in [2.24, 2.45) is 0 Å². The van der Waals surface area contributed by atoms with Gasteiger partial charge in [0.05, 0.1) is 24.3 Å². The Morgan fingerprint density at radius 1 is 0.706 bits per heavy atom. The standard InChI is InChI=1S/C43H38NO6P/c1-47-42(45)33-21-19-32(20-22-33)41-37-23-34(28-50-43(46)36-18-10-16-31-15-8-9-17-35(31)36)44(51)25-38(37)39(48-26-29-11-4-2-5-12-29)24-40(41)49-27-30-13-6-3-7-14-30/h2-22,24,34H,23,25-28,51H2,1H3. The number of carbonyl (C=O) groups is 2. The minimum atomic E-state index is -0.402. The molecule has 7 rings (SSSR count). The lowest BCUT2D eigenvalue weighted by Crippen LogP contribution is -2.38. The lowest BCUT2D eigenvalue weighted by atomic mass is 9.86. The van der Waals surface area contributed by atoms with Crippen molar-refractivity contribution >= 4 is 32.1 Å². The third kappa shape index (κ3) is 7.65. The van der Waals surface area contributed by atoms with E-state index in [4.69, 9.17) is 18.9 Å². The molecule has 256 valence electrons. The van der Waals surface area contributed by atoms with Crippen LogP contribution in [-0.2, 0) is 35.7 Å². The lowest BCUT2D eigenvalue weighted by Gasteiger charge is -2.36. The van der Waals surface area contributed by atoms with E-state index in [-0.39, 0.29) is 18.6 Å². The lowest BCUT2D eigenvalue weighted by molar-refractivity contribution is 0.0416. The van der Waals surface area contributed by atoms with Crippen molar-refractivity contribution in [3.8, 4) is 22.6 Å². The number of fused-ring (bicyclic) bond motifs is 2. The fourth-order valence-electron chi connectivity index (χ4n) is 6.52. The maximum absolute atomic E-state index is 13.5. The summed E-state index contributed by atoms with van der Waals surface area (Å²) < 4.78 is 26.3. The van der Waals surface area contributed by atoms with Crippen molar-refractivity contribution < 1.29 is 28.5 Å². The van der Waals surface area contributed by atoms with E-state index in [1.54, 1.807) is 12.1 Å². The fraction of sp³-hybridized carbons (Fsp3) is 0.163. The molecule has 1 aliphatic heterocycles. The first-order valence-electron chi connectivity index (χ1n) is 16.9. The molecule has 0 saturated carbocycles. The van der Waals surface area contributed by atoms with Crippen LogP contribution in [-0.4, -0.2) is 36.4 Å². The highest BCUT2D eigenvalue weighted by atomic mass is 31.0. The summed E-state index contributed by atoms with van der Waals surface area (Å²) >= 11 is 0. The van der Waals surface area contributed by atoms with Crippen molar-refractivity contribution in [3.63, 3.8) is 0 Å². The summed E-state index contributed by atoms with van der Waals surface area (Å²) in [7, 11) is 4.20. The molecule has 0 aliphatic carbocycles. The summed E-state index contributed by atoms with van der Waals surface area (Å²) in [6, 6.07) is 42.8. The quantitative estimate of drug-likeness (QED) is 0.0991. The SMILES string of the molecule is COC(=O)c1ccc(-c2c(OCc3ccccc3)cc(OCc3ccccc3)c3c2CC(COC(=O)c2cccc4ccccc24)N(P)C3)cc1. The maximum Gasteiger partial charge on any atom is 0.338 e. The molecule has 0 amide bonds. The van der Waals surface area contributed by atoms with E-state index in [2.05, 4.69) is 14.1 Å². The second kappa shape index (κ2) is 15.6. The van der Waals surface area contributed by atoms with Crippen LogP contribution in [0.15, 0.2) is 133 Å². The van der Waals surface area contributed by atoms with Crippen LogP contribution in [0.25, 0.3) is 21.9 Å². The Morgan fingerprint density at radius 2 is 1.33 bits per heavy atom. The van der Waals surface area contributed by atoms with Crippen LogP contribution in [0.4, 0.5) is 0 Å². The summed E-state index contributed by atoms with van der Waals surface area (Å²) in [4.78, 5) is 25.8. The van der Waals surface area contributed by atoms with Crippen molar-refractivity contribution in [3.05, 3.63) is 167 Å². The van der Waals surface area contributed by atoms with Crippen LogP contribution in [0.2, 0.25) is 0 Å². The minimum Gasteiger partial charge on any atom is -0.488 e. The predicted molar refractivity (Wildman–Crippen MR) is 202 cm³/mol. The van der Waals surface area contributed by atoms with Gasteiger partial charge in [0.15, 0.2) is 0 Å². The molecule has 0 fully saturated rings. The third-order valence-electron chi connectivity index (χ3n) is 9.21. The van der Waals surface area contributed by atoms with Gasteiger partial charge < -0.3 is 18.9 Å². The van der Waals surface area contributed by atoms with Crippen LogP contribution in [0.1, 0.15) is 43.0 Å². The summed E-state index contributed by atoms with van der Waals surface area (Å²) in [6.07, 6.45) is 0.556. The highest BCUT2D eigenvalue weighted by molar-refractivity contribution is 7.13. The van der Waals surface area contributed by atoms with E-state index in [9.17, 15) is 9.59 Å². The molecule has 6 aromatic carbocycles. The summed E-state index contributed by atoms with van der Waals surface area (Å²) in [5.41, 5.74) is 6.95. The Bertz CT molecular complexity index is 2150. The molecule has 0 N–H and O–H groups in total. The van der Waals surface area contributed by atoms with Crippen LogP contribution in [0.5, 0.6) is 11.5 Å². The van der Waals surface area contributed by atoms with Gasteiger partial charge >= 0.3 is 11.9 Å². The largest absolute Gasteiger partial charge is 0.488 e. The Morgan fingerprint density at radius 3 is 2.02 bits per heavy atom. The highest BCUT2D eigenvalue weighted by Crippen LogP contribution is 2.45. The first kappa shape index (κ1) is 34.0. The molecule has 1 aliphatic rings. The van der Waals surface area contributed by atoms with Gasteiger partial charge in [0.2, 0.25) is 0 Å². The maximum atomic E-state index is 13.5. The molecular weight excluding hydrogens is 657 g/mol. The zero-order chi connectivity index (χ0) is 35.2. The number of methoxy groups -OCH3 is 1. The van der Waals surface area contributed by atoms with Gasteiger partial charge in [-0.05, 0) is 57.6 Å². The number of carbonyl (C=O) groups excluding carboxylic acids is 2. The number of hydrogen-bond acceptors (Lipinski definition) is 7. The summed E-state index contributed by atoms with van der Waals surface area (Å²) in [5.74, 6) is 0.627. The number of benzene rings is 6. The smallest absolute Gasteiger partial charge is 0.338 e. The van der Waals surface area contributed by atoms with E-state index < -0.39 is 5.97 Å². The van der Waals surface area contributed by atoms with Crippen LogP contribution >= 0.6 is 9.39 Å². The highest BCUT2D eigenvalue weighted by Gasteiger charge is 2.32. The predicted octanol–water partition coefficient (Wildman–Crippen LogP) is 8.83. The van der Waals surface area contributed by atoms with Crippen LogP contribution in [0, 0.1) is 0 Å². The number of ether oxygens (including phenoxy) is 4. The zero-order valence-electron chi connectivity index (χ0n) is 28.3. The molecule has 2 unspecified atom stereocenters. The first-order valence-corrected chi connectivity index (χ1v) is 17.4. The van der Waals surface area contributed by atoms with Gasteiger partial charge in [0.25, 0.3) is 0 Å². The van der Waals surface area contributed by atoms with E-state index in [0.29, 0.717) is 43.1 Å². The molecule has 8 heteroatoms. The van der Waals surface area contributed by atoms with E-state index in [0.717, 1.165) is 49.9 Å². The zero-order valence-corrected chi connectivity index (χ0v) is 29.4. The molecule has 0 spiro atoms. The number of rotatable bonds is 11. The molecule has 1 heterocycles. The van der Waals surface area contributed by atoms with Gasteiger partial charge in [-0.25, -0.2) is 9.59 Å². The molecule has 0 aromatic heterocycles. The van der Waals surface area contributed by atoms with Gasteiger partial charge in [-0.1, -0.05) is 119 Å². The molecule has 2 atom stereocenters. The Balaban J connectivity index is 1.26. The van der Waals surface area contributed by atoms with Gasteiger partial charge in [0.1, 0.15) is 31.3 Å². The van der Waals surface area contributed by atoms with Crippen molar-refractivity contribution in [2.45, 2.75) is 32.2 Å². The van der Waals surface area contributed by atoms with Crippen LogP contribution in [0.3, 0.4) is 0 Å². The monoisotopic (exact) mass is 695 g/mol. The molecular formula is C43H38NO6P. The van der Waals surface area contributed by atoms with Crippen molar-refractivity contribution in [2.75, 3.05) is 13.7 Å². The molecule has 0 saturated heterocycles. The summed E-state index contributed by atoms with van der Waals surface area (Å²) in [5, 5.41) is 1.85. The number of esters is 2. The average molecular weight is 696 g/mol. The second-order valence-corrected chi connectivity index (χ2v) is 13.1. The first-order chi connectivity index (χ1) is 25.0. The molecule has 0 bridgehead atoms. The molecule has 51 heavy (non-hydrogen) atoms. The van der Waals surface area contributed by atoms with Gasteiger partial charge in [0, 0.05) is 23.7 Å². The van der Waals surface area contributed by atoms with E-state index >= 15 is 0 Å². The molecule has 6 aromatic rings. The minimum absolute atomic E-state index is 0.152. The third-order valence-corrected chi connectivity index (χ3v) is 9.81. The van der Waals surface area contributed by atoms with Crippen molar-refractivity contribution in [1.82, 2.24) is 4.67 Å². The molecule has 0 radical (unpaired) electrons. The normalized spacial score (nSPS) is 14.0. The topological polar surface area (TPSA) is 74.3 Å². The average Bonchev–Trinajstić information content (AvgIpc) is 3.18. The van der Waals surface area contributed by atoms with Crippen molar-refractivity contribution in [1.29, 1.82) is 0 Å². The second-order valence-electron chi connectivity index (χ2n) is 12.5. The number of hydrogen-bond donors (Lipinski definition) is 0. The van der Waals surface area contributed by atoms with Gasteiger partial charge in [-0.15, -0.1) is 0 Å². The van der Waals surface area contributed by atoms with E-state index in [1.165, 1.54) is 7.11 Å². The van der Waals surface area contributed by atoms with Crippen LogP contribution < -0.4 is 9.47 Å². The van der Waals surface area contributed by atoms with E-state index in [1.807, 2.05) is 121 Å². The van der Waals surface area contributed by atoms with Gasteiger partial charge in [-0.2, -0.15) is 0 Å². The molecule has 7 nitrogen and oxygen atoms in total. The van der Waals surface area contributed by atoms with Gasteiger partial charge in [-0.3, -0.25) is 4.67 Å². The number of nitrogens with zero attached hydrogens (tertiary/aromatic N) is 1. The summed E-state index contributed by atoms with van der Waals surface area (Å²) in [6.45, 7) is 1.46.